The minimum absolute atomic E-state index is 0.0255. The number of phosphoric acid groups is 1. The van der Waals surface area contributed by atoms with E-state index in [0.29, 0.717) is 0 Å². The molecule has 0 spiro atoms. The summed E-state index contributed by atoms with van der Waals surface area (Å²) < 4.78 is 27.3. The minimum Gasteiger partial charge on any atom is -0.756 e. The second-order valence-electron chi connectivity index (χ2n) is 4.38. The maximum absolute atomic E-state index is 11.8. The van der Waals surface area contributed by atoms with Gasteiger partial charge in [0.25, 0.3) is 7.82 Å². The number of fused-ring (bicyclic) bond motifs is 1. The van der Waals surface area contributed by atoms with E-state index in [1.165, 1.54) is 12.3 Å². The molecule has 0 saturated carbocycles. The lowest BCUT2D eigenvalue weighted by atomic mass is 10.1. The fourth-order valence-electron chi connectivity index (χ4n) is 2.26. The van der Waals surface area contributed by atoms with Gasteiger partial charge in [-0.25, -0.2) is 4.79 Å². The lowest BCUT2D eigenvalue weighted by Crippen LogP contribution is -2.34. The van der Waals surface area contributed by atoms with E-state index < -0.39 is 44.7 Å². The molecule has 0 aromatic carbocycles. The number of ether oxygens (including phenoxy) is 1. The van der Waals surface area contributed by atoms with Crippen LogP contribution in [0.2, 0.25) is 0 Å². The third-order valence-electron chi connectivity index (χ3n) is 3.09. The molecule has 1 aromatic rings. The van der Waals surface area contributed by atoms with Gasteiger partial charge in [-0.3, -0.25) is 9.13 Å². The lowest BCUT2D eigenvalue weighted by Gasteiger charge is -2.22. The number of nitrogen functional groups attached to an aromatic ring is 1. The van der Waals surface area contributed by atoms with Gasteiger partial charge in [0, 0.05) is 6.20 Å². The van der Waals surface area contributed by atoms with Crippen molar-refractivity contribution in [2.24, 2.45) is 0 Å². The van der Waals surface area contributed by atoms with Crippen molar-refractivity contribution in [2.45, 2.75) is 24.5 Å². The van der Waals surface area contributed by atoms with Crippen LogP contribution in [0.4, 0.5) is 5.82 Å². The van der Waals surface area contributed by atoms with E-state index in [2.05, 4.69) is 4.98 Å². The van der Waals surface area contributed by atoms with Crippen molar-refractivity contribution in [3.8, 4) is 0 Å². The predicted octanol–water partition coefficient (Wildman–Crippen LogP) is -2.03. The molecule has 5 unspecified atom stereocenters. The summed E-state index contributed by atoms with van der Waals surface area (Å²) >= 11 is 0. The smallest absolute Gasteiger partial charge is 0.351 e. The molecule has 3 heterocycles. The number of aromatic nitrogens is 2. The van der Waals surface area contributed by atoms with Crippen LogP contribution in [0.3, 0.4) is 0 Å². The molecule has 5 atom stereocenters. The van der Waals surface area contributed by atoms with Gasteiger partial charge in [0.15, 0.2) is 6.23 Å². The minimum atomic E-state index is -4.46. The van der Waals surface area contributed by atoms with E-state index in [9.17, 15) is 19.4 Å². The van der Waals surface area contributed by atoms with Crippen molar-refractivity contribution in [1.82, 2.24) is 9.55 Å². The Morgan fingerprint density at radius 1 is 1.50 bits per heavy atom. The topological polar surface area (TPSA) is 149 Å². The van der Waals surface area contributed by atoms with E-state index in [4.69, 9.17) is 19.5 Å². The molecule has 2 aliphatic rings. The number of phosphoric ester groups is 1. The number of hydrogen-bond acceptors (Lipinski definition) is 9. The molecule has 3 N–H and O–H groups in total. The zero-order chi connectivity index (χ0) is 14.5. The lowest BCUT2D eigenvalue weighted by molar-refractivity contribution is -0.222. The van der Waals surface area contributed by atoms with E-state index in [1.54, 1.807) is 0 Å². The van der Waals surface area contributed by atoms with Crippen molar-refractivity contribution in [2.75, 3.05) is 12.3 Å². The van der Waals surface area contributed by atoms with Crippen LogP contribution >= 0.6 is 7.82 Å². The quantitative estimate of drug-likeness (QED) is 0.589. The number of aliphatic hydroxyl groups excluding tert-OH is 1. The Morgan fingerprint density at radius 2 is 2.20 bits per heavy atom. The van der Waals surface area contributed by atoms with Crippen molar-refractivity contribution in [3.05, 3.63) is 22.7 Å². The van der Waals surface area contributed by atoms with Gasteiger partial charge in [0.2, 0.25) is 0 Å². The van der Waals surface area contributed by atoms with Crippen molar-refractivity contribution in [3.63, 3.8) is 0 Å². The summed E-state index contributed by atoms with van der Waals surface area (Å²) in [6.07, 6.45) is -2.73. The fraction of sp³-hybridized carbons (Fsp3) is 0.556. The molecule has 11 heteroatoms. The first-order valence-corrected chi connectivity index (χ1v) is 7.16. The molecule has 110 valence electrons. The average molecular weight is 304 g/mol. The number of nitrogens with zero attached hydrogens (tertiary/aromatic N) is 2. The van der Waals surface area contributed by atoms with Gasteiger partial charge in [-0.2, -0.15) is 4.98 Å². The molecule has 1 aromatic heterocycles. The van der Waals surface area contributed by atoms with Gasteiger partial charge in [0.1, 0.15) is 24.1 Å². The Bertz CT molecular complexity index is 634. The van der Waals surface area contributed by atoms with Crippen LogP contribution in [0.25, 0.3) is 0 Å². The average Bonchev–Trinajstić information content (AvgIpc) is 2.83. The van der Waals surface area contributed by atoms with Crippen molar-refractivity contribution < 1.29 is 28.3 Å². The summed E-state index contributed by atoms with van der Waals surface area (Å²) in [5.41, 5.74) is 4.65. The van der Waals surface area contributed by atoms with Gasteiger partial charge >= 0.3 is 5.69 Å². The molecule has 2 fully saturated rings. The highest BCUT2D eigenvalue weighted by Crippen LogP contribution is 2.55. The summed E-state index contributed by atoms with van der Waals surface area (Å²) in [6, 6.07) is 1.36. The number of rotatable bonds is 2. The molecule has 0 bridgehead atoms. The highest BCUT2D eigenvalue weighted by Gasteiger charge is 2.54. The first-order valence-electron chi connectivity index (χ1n) is 5.70. The number of anilines is 1. The Labute approximate surface area is 112 Å². The zero-order valence-electron chi connectivity index (χ0n) is 9.99. The monoisotopic (exact) mass is 304 g/mol. The first kappa shape index (κ1) is 13.7. The Balaban J connectivity index is 1.98. The summed E-state index contributed by atoms with van der Waals surface area (Å²) in [6.45, 7) is -0.474. The molecule has 0 amide bonds. The van der Waals surface area contributed by atoms with E-state index >= 15 is 0 Å². The van der Waals surface area contributed by atoms with E-state index in [1.807, 2.05) is 0 Å². The predicted molar refractivity (Wildman–Crippen MR) is 61.3 cm³/mol. The Hall–Kier alpha value is -1.29. The van der Waals surface area contributed by atoms with Crippen molar-refractivity contribution in [1.29, 1.82) is 0 Å². The number of hydrogen-bond donors (Lipinski definition) is 2. The van der Waals surface area contributed by atoms with Gasteiger partial charge in [-0.05, 0) is 6.07 Å². The fourth-order valence-corrected chi connectivity index (χ4v) is 3.39. The third-order valence-corrected chi connectivity index (χ3v) is 4.10. The summed E-state index contributed by atoms with van der Waals surface area (Å²) in [4.78, 5) is 26.6. The van der Waals surface area contributed by atoms with Crippen LogP contribution in [0.15, 0.2) is 17.1 Å². The largest absolute Gasteiger partial charge is 0.756 e. The van der Waals surface area contributed by atoms with Crippen molar-refractivity contribution >= 4 is 13.6 Å². The highest BCUT2D eigenvalue weighted by molar-refractivity contribution is 7.46. The molecule has 2 saturated heterocycles. The maximum atomic E-state index is 11.8. The molecule has 0 aliphatic carbocycles. The second-order valence-corrected chi connectivity index (χ2v) is 5.69. The summed E-state index contributed by atoms with van der Waals surface area (Å²) in [7, 11) is -4.46. The first-order chi connectivity index (χ1) is 9.41. The molecule has 20 heavy (non-hydrogen) atoms. The zero-order valence-corrected chi connectivity index (χ0v) is 10.9. The van der Waals surface area contributed by atoms with E-state index in [-0.39, 0.29) is 5.82 Å². The van der Waals surface area contributed by atoms with Crippen LogP contribution in [0.5, 0.6) is 0 Å². The Kier molecular flexibility index (Phi) is 3.16. The van der Waals surface area contributed by atoms with Gasteiger partial charge < -0.3 is 29.5 Å². The van der Waals surface area contributed by atoms with E-state index in [0.717, 1.165) is 4.57 Å². The van der Waals surface area contributed by atoms with Crippen LogP contribution in [0, 0.1) is 0 Å². The van der Waals surface area contributed by atoms with Crippen LogP contribution in [0.1, 0.15) is 6.23 Å². The SMILES string of the molecule is Nc1ccn(C2OC(CO)C3OP(=O)([O-])OC32)c(=O)n1. The third kappa shape index (κ3) is 2.16. The number of aliphatic hydroxyl groups is 1. The molecule has 10 nitrogen and oxygen atoms in total. The highest BCUT2D eigenvalue weighted by atomic mass is 31.2. The standard InChI is InChI=1S/C9H12N3O7P/c10-5-1-2-12(9(14)11-5)8-7-6(4(3-13)17-8)18-20(15,16)19-7/h1-2,4,6-8,13H,3H2,(H,15,16)(H2,10,11,14)/p-1. The normalized spacial score (nSPS) is 39.9. The van der Waals surface area contributed by atoms with Gasteiger partial charge in [-0.1, -0.05) is 0 Å². The maximum Gasteiger partial charge on any atom is 0.351 e. The molecule has 3 rings (SSSR count). The van der Waals surface area contributed by atoms with Gasteiger partial charge in [0.05, 0.1) is 6.61 Å². The van der Waals surface area contributed by atoms with Gasteiger partial charge in [-0.15, -0.1) is 0 Å². The summed E-state index contributed by atoms with van der Waals surface area (Å²) in [5, 5.41) is 9.19. The molecular weight excluding hydrogens is 293 g/mol. The second kappa shape index (κ2) is 4.62. The molecule has 2 aliphatic heterocycles. The Morgan fingerprint density at radius 3 is 2.85 bits per heavy atom. The summed E-state index contributed by atoms with van der Waals surface area (Å²) in [5.74, 6) is 0.0255. The van der Waals surface area contributed by atoms with Crippen LogP contribution in [-0.4, -0.2) is 39.6 Å². The molecular formula is C9H11N3O7P-. The number of nitrogens with two attached hydrogens (primary N) is 1. The van der Waals surface area contributed by atoms with Crippen LogP contribution in [-0.2, 0) is 18.3 Å². The van der Waals surface area contributed by atoms with Crippen LogP contribution < -0.4 is 16.3 Å². The molecule has 0 radical (unpaired) electrons.